The van der Waals surface area contributed by atoms with E-state index >= 15 is 0 Å². The van der Waals surface area contributed by atoms with E-state index in [1.165, 1.54) is 0 Å². The molecule has 3 N–H and O–H groups in total. The lowest BCUT2D eigenvalue weighted by molar-refractivity contribution is -0.126. The van der Waals surface area contributed by atoms with Gasteiger partial charge < -0.3 is 20.2 Å². The Bertz CT molecular complexity index is 710. The van der Waals surface area contributed by atoms with Crippen LogP contribution in [0.3, 0.4) is 0 Å². The molecule has 24 heavy (non-hydrogen) atoms. The lowest BCUT2D eigenvalue weighted by Crippen LogP contribution is -2.36. The number of para-hydroxylation sites is 1. The van der Waals surface area contributed by atoms with Gasteiger partial charge in [-0.2, -0.15) is 0 Å². The topological polar surface area (TPSA) is 77.5 Å². The minimum absolute atomic E-state index is 0.0285. The molecule has 5 heteroatoms. The zero-order chi connectivity index (χ0) is 17.1. The summed E-state index contributed by atoms with van der Waals surface area (Å²) in [6.45, 7) is 5.06. The number of carbonyl (C=O) groups excluding carboxylic acids is 1. The van der Waals surface area contributed by atoms with Gasteiger partial charge in [-0.3, -0.25) is 4.79 Å². The van der Waals surface area contributed by atoms with E-state index in [1.54, 1.807) is 0 Å². The van der Waals surface area contributed by atoms with Crippen LogP contribution in [0, 0.1) is 11.8 Å². The van der Waals surface area contributed by atoms with Crippen LogP contribution in [-0.2, 0) is 4.79 Å². The van der Waals surface area contributed by atoms with E-state index in [0.29, 0.717) is 19.1 Å². The molecule has 0 spiro atoms. The van der Waals surface area contributed by atoms with Crippen molar-refractivity contribution in [2.45, 2.75) is 39.2 Å². The zero-order valence-corrected chi connectivity index (χ0v) is 14.4. The molecule has 0 aliphatic heterocycles. The van der Waals surface area contributed by atoms with Crippen molar-refractivity contribution in [1.82, 2.24) is 5.32 Å². The summed E-state index contributed by atoms with van der Waals surface area (Å²) in [5, 5.41) is 4.07. The smallest absolute Gasteiger partial charge is 0.224 e. The van der Waals surface area contributed by atoms with Gasteiger partial charge in [0.25, 0.3) is 0 Å². The molecule has 0 saturated heterocycles. The molecule has 1 aliphatic carbocycles. The summed E-state index contributed by atoms with van der Waals surface area (Å²) in [7, 11) is 0. The van der Waals surface area contributed by atoms with Crippen molar-refractivity contribution >= 4 is 16.9 Å². The molecule has 1 aliphatic rings. The van der Waals surface area contributed by atoms with Crippen molar-refractivity contribution in [3.05, 3.63) is 30.0 Å². The number of hydrogen-bond donors (Lipinski definition) is 2. The first-order valence-corrected chi connectivity index (χ1v) is 8.79. The van der Waals surface area contributed by atoms with Gasteiger partial charge in [0.2, 0.25) is 5.91 Å². The summed E-state index contributed by atoms with van der Waals surface area (Å²) in [6.07, 6.45) is 3.05. The van der Waals surface area contributed by atoms with Crippen LogP contribution < -0.4 is 15.8 Å². The average molecular weight is 330 g/mol. The molecule has 1 heterocycles. The number of nitrogens with one attached hydrogen (secondary N) is 1. The molecule has 1 unspecified atom stereocenters. The van der Waals surface area contributed by atoms with Crippen LogP contribution in [0.5, 0.6) is 5.75 Å². The summed E-state index contributed by atoms with van der Waals surface area (Å²) in [6, 6.07) is 7.62. The second-order valence-electron chi connectivity index (χ2n) is 6.52. The SMILES string of the molecule is CCOc1cccc2cc(C(C)NC(=O)[C@@H]3CCC[C@@H]3CN)oc12. The van der Waals surface area contributed by atoms with Crippen LogP contribution in [0.2, 0.25) is 0 Å². The Kier molecular flexibility index (Phi) is 5.09. The lowest BCUT2D eigenvalue weighted by Gasteiger charge is -2.19. The highest BCUT2D eigenvalue weighted by molar-refractivity contribution is 5.84. The van der Waals surface area contributed by atoms with Gasteiger partial charge in [-0.25, -0.2) is 0 Å². The van der Waals surface area contributed by atoms with E-state index in [-0.39, 0.29) is 17.9 Å². The minimum atomic E-state index is -0.182. The zero-order valence-electron chi connectivity index (χ0n) is 14.4. The van der Waals surface area contributed by atoms with E-state index < -0.39 is 0 Å². The first kappa shape index (κ1) is 16.8. The number of fused-ring (bicyclic) bond motifs is 1. The predicted octanol–water partition coefficient (Wildman–Crippen LogP) is 3.38. The van der Waals surface area contributed by atoms with Crippen molar-refractivity contribution in [2.75, 3.05) is 13.2 Å². The monoisotopic (exact) mass is 330 g/mol. The summed E-state index contributed by atoms with van der Waals surface area (Å²) < 4.78 is 11.6. The molecule has 5 nitrogen and oxygen atoms in total. The third kappa shape index (κ3) is 3.26. The van der Waals surface area contributed by atoms with Gasteiger partial charge in [-0.15, -0.1) is 0 Å². The molecular formula is C19H26N2O3. The van der Waals surface area contributed by atoms with Crippen molar-refractivity contribution in [3.63, 3.8) is 0 Å². The average Bonchev–Trinajstić information content (AvgIpc) is 3.22. The molecule has 2 aromatic rings. The van der Waals surface area contributed by atoms with Crippen molar-refractivity contribution < 1.29 is 13.9 Å². The number of nitrogens with two attached hydrogens (primary N) is 1. The van der Waals surface area contributed by atoms with Crippen LogP contribution >= 0.6 is 0 Å². The predicted molar refractivity (Wildman–Crippen MR) is 93.8 cm³/mol. The Hall–Kier alpha value is -2.01. The number of hydrogen-bond acceptors (Lipinski definition) is 4. The maximum absolute atomic E-state index is 12.5. The standard InChI is InChI=1S/C19H26N2O3/c1-3-23-16-9-5-6-13-10-17(24-18(13)16)12(2)21-19(22)15-8-4-7-14(15)11-20/h5-6,9-10,12,14-15H,3-4,7-8,11,20H2,1-2H3,(H,21,22)/t12?,14-,15-/m1/s1. The summed E-state index contributed by atoms with van der Waals surface area (Å²) >= 11 is 0. The molecule has 1 amide bonds. The molecule has 3 rings (SSSR count). The summed E-state index contributed by atoms with van der Waals surface area (Å²) in [5.41, 5.74) is 6.52. The number of ether oxygens (including phenoxy) is 1. The quantitative estimate of drug-likeness (QED) is 0.851. The molecule has 1 aromatic carbocycles. The molecule has 3 atom stereocenters. The number of furan rings is 1. The fourth-order valence-electron chi connectivity index (χ4n) is 3.59. The second-order valence-corrected chi connectivity index (χ2v) is 6.52. The third-order valence-electron chi connectivity index (χ3n) is 4.91. The van der Waals surface area contributed by atoms with E-state index in [9.17, 15) is 4.79 Å². The molecule has 0 bridgehead atoms. The van der Waals surface area contributed by atoms with Gasteiger partial charge in [0.05, 0.1) is 12.6 Å². The van der Waals surface area contributed by atoms with Crippen LogP contribution in [0.15, 0.2) is 28.7 Å². The van der Waals surface area contributed by atoms with Crippen LogP contribution in [0.1, 0.15) is 44.9 Å². The highest BCUT2D eigenvalue weighted by Crippen LogP contribution is 2.33. The van der Waals surface area contributed by atoms with Gasteiger partial charge in [-0.1, -0.05) is 18.6 Å². The summed E-state index contributed by atoms with van der Waals surface area (Å²) in [5.74, 6) is 1.89. The Morgan fingerprint density at radius 2 is 2.29 bits per heavy atom. The van der Waals surface area contributed by atoms with E-state index in [4.69, 9.17) is 14.9 Å². The maximum atomic E-state index is 12.5. The highest BCUT2D eigenvalue weighted by atomic mass is 16.5. The Morgan fingerprint density at radius 3 is 3.04 bits per heavy atom. The van der Waals surface area contributed by atoms with Gasteiger partial charge in [0.1, 0.15) is 5.76 Å². The van der Waals surface area contributed by atoms with E-state index in [0.717, 1.165) is 41.7 Å². The second kappa shape index (κ2) is 7.26. The molecule has 1 saturated carbocycles. The Labute approximate surface area is 142 Å². The van der Waals surface area contributed by atoms with Crippen molar-refractivity contribution in [3.8, 4) is 5.75 Å². The molecule has 1 aromatic heterocycles. The summed E-state index contributed by atoms with van der Waals surface area (Å²) in [4.78, 5) is 12.5. The largest absolute Gasteiger partial charge is 0.490 e. The lowest BCUT2D eigenvalue weighted by atomic mass is 9.95. The molecular weight excluding hydrogens is 304 g/mol. The van der Waals surface area contributed by atoms with Gasteiger partial charge in [0.15, 0.2) is 11.3 Å². The Morgan fingerprint density at radius 1 is 1.46 bits per heavy atom. The minimum Gasteiger partial charge on any atom is -0.490 e. The molecule has 1 fully saturated rings. The van der Waals surface area contributed by atoms with Crippen LogP contribution in [0.4, 0.5) is 0 Å². The van der Waals surface area contributed by atoms with Crippen LogP contribution in [0.25, 0.3) is 11.0 Å². The van der Waals surface area contributed by atoms with Gasteiger partial charge >= 0.3 is 0 Å². The number of carbonyl (C=O) groups is 1. The van der Waals surface area contributed by atoms with E-state index in [1.807, 2.05) is 38.1 Å². The maximum Gasteiger partial charge on any atom is 0.224 e. The first-order valence-electron chi connectivity index (χ1n) is 8.79. The van der Waals surface area contributed by atoms with Gasteiger partial charge in [-0.05, 0) is 51.3 Å². The normalized spacial score (nSPS) is 21.8. The molecule has 130 valence electrons. The van der Waals surface area contributed by atoms with Crippen molar-refractivity contribution in [2.24, 2.45) is 17.6 Å². The third-order valence-corrected chi connectivity index (χ3v) is 4.91. The fourth-order valence-corrected chi connectivity index (χ4v) is 3.59. The number of rotatable bonds is 6. The van der Waals surface area contributed by atoms with E-state index in [2.05, 4.69) is 5.32 Å². The Balaban J connectivity index is 1.75. The number of amides is 1. The highest BCUT2D eigenvalue weighted by Gasteiger charge is 2.32. The fraction of sp³-hybridized carbons (Fsp3) is 0.526. The van der Waals surface area contributed by atoms with Gasteiger partial charge in [0, 0.05) is 11.3 Å². The number of benzene rings is 1. The molecule has 0 radical (unpaired) electrons. The van der Waals surface area contributed by atoms with Crippen LogP contribution in [-0.4, -0.2) is 19.1 Å². The first-order chi connectivity index (χ1) is 11.6. The van der Waals surface area contributed by atoms with Crippen molar-refractivity contribution in [1.29, 1.82) is 0 Å².